The zero-order chi connectivity index (χ0) is 17.1. The normalized spacial score (nSPS) is 10.4. The van der Waals surface area contributed by atoms with Gasteiger partial charge in [-0.1, -0.05) is 11.2 Å². The lowest BCUT2D eigenvalue weighted by molar-refractivity contribution is 0.102. The van der Waals surface area contributed by atoms with Crippen molar-refractivity contribution in [2.75, 3.05) is 5.32 Å². The third kappa shape index (κ3) is 3.17. The minimum absolute atomic E-state index is 0.288. The Labute approximate surface area is 138 Å². The topological polar surface area (TPSA) is 96.7 Å². The lowest BCUT2D eigenvalue weighted by Gasteiger charge is -2.03. The summed E-state index contributed by atoms with van der Waals surface area (Å²) in [6, 6.07) is 8.54. The van der Waals surface area contributed by atoms with E-state index < -0.39 is 0 Å². The third-order valence-electron chi connectivity index (χ3n) is 3.65. The number of hydrogen-bond acceptors (Lipinski definition) is 5. The van der Waals surface area contributed by atoms with Crippen LogP contribution in [-0.2, 0) is 6.54 Å². The number of benzene rings is 1. The minimum atomic E-state index is -0.288. The number of aromatic nitrogens is 3. The van der Waals surface area contributed by atoms with Crippen LogP contribution in [0.5, 0.6) is 0 Å². The van der Waals surface area contributed by atoms with Gasteiger partial charge in [0.15, 0.2) is 0 Å². The number of aryl methyl sites for hydroxylation is 2. The van der Waals surface area contributed by atoms with Crippen LogP contribution in [0.2, 0.25) is 0 Å². The molecule has 24 heavy (non-hydrogen) atoms. The number of nitrogens with zero attached hydrogens (tertiary/aromatic N) is 4. The summed E-state index contributed by atoms with van der Waals surface area (Å²) in [5, 5.41) is 19.8. The van der Waals surface area contributed by atoms with E-state index in [0.717, 1.165) is 17.0 Å². The Morgan fingerprint density at radius 1 is 1.42 bits per heavy atom. The van der Waals surface area contributed by atoms with Crippen molar-refractivity contribution in [1.29, 1.82) is 5.26 Å². The van der Waals surface area contributed by atoms with E-state index in [-0.39, 0.29) is 5.91 Å². The Bertz CT molecular complexity index is 913. The first kappa shape index (κ1) is 15.5. The fourth-order valence-electron chi connectivity index (χ4n) is 2.34. The maximum Gasteiger partial charge on any atom is 0.255 e. The molecule has 120 valence electrons. The Morgan fingerprint density at radius 2 is 2.25 bits per heavy atom. The van der Waals surface area contributed by atoms with E-state index in [1.807, 2.05) is 19.9 Å². The minimum Gasteiger partial charge on any atom is -0.361 e. The van der Waals surface area contributed by atoms with Crippen molar-refractivity contribution in [3.8, 4) is 6.07 Å². The van der Waals surface area contributed by atoms with Crippen molar-refractivity contribution < 1.29 is 9.32 Å². The molecular formula is C17H15N5O2. The van der Waals surface area contributed by atoms with E-state index in [1.165, 1.54) is 0 Å². The zero-order valence-electron chi connectivity index (χ0n) is 13.3. The van der Waals surface area contributed by atoms with Crippen LogP contribution in [0.1, 0.15) is 32.9 Å². The third-order valence-corrected chi connectivity index (χ3v) is 3.65. The SMILES string of the molecule is Cc1noc(C)c1Cn1cc(NC(=O)c2cccc(C#N)c2)cn1. The van der Waals surface area contributed by atoms with Crippen molar-refractivity contribution in [2.45, 2.75) is 20.4 Å². The highest BCUT2D eigenvalue weighted by Gasteiger charge is 2.12. The number of nitrogens with one attached hydrogen (secondary N) is 1. The highest BCUT2D eigenvalue weighted by Crippen LogP contribution is 2.15. The van der Waals surface area contributed by atoms with Gasteiger partial charge < -0.3 is 9.84 Å². The van der Waals surface area contributed by atoms with Crippen LogP contribution >= 0.6 is 0 Å². The molecule has 0 spiro atoms. The average Bonchev–Trinajstić information content (AvgIpc) is 3.16. The molecule has 0 aliphatic rings. The highest BCUT2D eigenvalue weighted by molar-refractivity contribution is 6.04. The summed E-state index contributed by atoms with van der Waals surface area (Å²) >= 11 is 0. The first-order valence-electron chi connectivity index (χ1n) is 7.32. The van der Waals surface area contributed by atoms with E-state index in [2.05, 4.69) is 15.6 Å². The molecule has 7 nitrogen and oxygen atoms in total. The number of carbonyl (C=O) groups is 1. The standard InChI is InChI=1S/C17H15N5O2/c1-11-16(12(2)24-21-11)10-22-9-15(8-19-22)20-17(23)14-5-3-4-13(6-14)7-18/h3-6,8-9H,10H2,1-2H3,(H,20,23). The van der Waals surface area contributed by atoms with E-state index in [9.17, 15) is 4.79 Å². The van der Waals surface area contributed by atoms with Crippen molar-refractivity contribution in [1.82, 2.24) is 14.9 Å². The average molecular weight is 321 g/mol. The van der Waals surface area contributed by atoms with Gasteiger partial charge in [0.25, 0.3) is 5.91 Å². The number of carbonyl (C=O) groups excluding carboxylic acids is 1. The smallest absolute Gasteiger partial charge is 0.255 e. The second-order valence-corrected chi connectivity index (χ2v) is 5.38. The lowest BCUT2D eigenvalue weighted by atomic mass is 10.1. The monoisotopic (exact) mass is 321 g/mol. The number of anilines is 1. The zero-order valence-corrected chi connectivity index (χ0v) is 13.3. The van der Waals surface area contributed by atoms with Gasteiger partial charge in [0.05, 0.1) is 35.8 Å². The molecule has 2 heterocycles. The van der Waals surface area contributed by atoms with Crippen molar-refractivity contribution in [3.63, 3.8) is 0 Å². The maximum atomic E-state index is 12.2. The van der Waals surface area contributed by atoms with E-state index >= 15 is 0 Å². The van der Waals surface area contributed by atoms with Crippen LogP contribution in [0.25, 0.3) is 0 Å². The van der Waals surface area contributed by atoms with E-state index in [4.69, 9.17) is 9.78 Å². The van der Waals surface area contributed by atoms with Gasteiger partial charge in [-0.25, -0.2) is 0 Å². The fraction of sp³-hybridized carbons (Fsp3) is 0.176. The molecule has 0 fully saturated rings. The largest absolute Gasteiger partial charge is 0.361 e. The van der Waals surface area contributed by atoms with Gasteiger partial charge in [-0.05, 0) is 32.0 Å². The summed E-state index contributed by atoms with van der Waals surface area (Å²) in [7, 11) is 0. The van der Waals surface area contributed by atoms with Gasteiger partial charge in [0.2, 0.25) is 0 Å². The summed E-state index contributed by atoms with van der Waals surface area (Å²) in [6.07, 6.45) is 3.31. The second-order valence-electron chi connectivity index (χ2n) is 5.38. The second kappa shape index (κ2) is 6.38. The van der Waals surface area contributed by atoms with Crippen LogP contribution in [0.3, 0.4) is 0 Å². The number of amides is 1. The molecular weight excluding hydrogens is 306 g/mol. The molecule has 0 unspecified atom stereocenters. The van der Waals surface area contributed by atoms with Crippen LogP contribution < -0.4 is 5.32 Å². The van der Waals surface area contributed by atoms with E-state index in [1.54, 1.807) is 41.3 Å². The maximum absolute atomic E-state index is 12.2. The summed E-state index contributed by atoms with van der Waals surface area (Å²) in [5.41, 5.74) is 3.23. The lowest BCUT2D eigenvalue weighted by Crippen LogP contribution is -2.11. The van der Waals surface area contributed by atoms with Crippen LogP contribution in [0.15, 0.2) is 41.2 Å². The van der Waals surface area contributed by atoms with Gasteiger partial charge in [-0.15, -0.1) is 0 Å². The quantitative estimate of drug-likeness (QED) is 0.797. The van der Waals surface area contributed by atoms with Crippen LogP contribution in [-0.4, -0.2) is 20.8 Å². The first-order valence-corrected chi connectivity index (χ1v) is 7.32. The molecule has 0 aliphatic carbocycles. The van der Waals surface area contributed by atoms with Gasteiger partial charge in [0, 0.05) is 17.3 Å². The van der Waals surface area contributed by atoms with Gasteiger partial charge in [-0.2, -0.15) is 10.4 Å². The summed E-state index contributed by atoms with van der Waals surface area (Å²) in [4.78, 5) is 12.2. The Kier molecular flexibility index (Phi) is 4.12. The molecule has 1 N–H and O–H groups in total. The number of hydrogen-bond donors (Lipinski definition) is 1. The molecule has 1 aromatic carbocycles. The predicted octanol–water partition coefficient (Wildman–Crippen LogP) is 2.66. The van der Waals surface area contributed by atoms with Crippen LogP contribution in [0.4, 0.5) is 5.69 Å². The van der Waals surface area contributed by atoms with E-state index in [0.29, 0.717) is 23.4 Å². The molecule has 0 aliphatic heterocycles. The Balaban J connectivity index is 1.72. The summed E-state index contributed by atoms with van der Waals surface area (Å²) in [6.45, 7) is 4.24. The van der Waals surface area contributed by atoms with Crippen molar-refractivity contribution in [2.24, 2.45) is 0 Å². The summed E-state index contributed by atoms with van der Waals surface area (Å²) < 4.78 is 6.83. The molecule has 3 rings (SSSR count). The number of nitriles is 1. The molecule has 0 saturated heterocycles. The predicted molar refractivity (Wildman–Crippen MR) is 86.4 cm³/mol. The molecule has 7 heteroatoms. The Morgan fingerprint density at radius 3 is 2.96 bits per heavy atom. The molecule has 1 amide bonds. The first-order chi connectivity index (χ1) is 11.6. The fourth-order valence-corrected chi connectivity index (χ4v) is 2.34. The van der Waals surface area contributed by atoms with Gasteiger partial charge in [0.1, 0.15) is 5.76 Å². The molecule has 0 atom stereocenters. The van der Waals surface area contributed by atoms with Crippen molar-refractivity contribution in [3.05, 3.63) is 64.8 Å². The molecule has 3 aromatic rings. The Hall–Kier alpha value is -3.40. The van der Waals surface area contributed by atoms with Crippen LogP contribution in [0, 0.1) is 25.2 Å². The molecule has 2 aromatic heterocycles. The summed E-state index contributed by atoms with van der Waals surface area (Å²) in [5.74, 6) is 0.464. The van der Waals surface area contributed by atoms with Crippen molar-refractivity contribution >= 4 is 11.6 Å². The molecule has 0 radical (unpaired) electrons. The molecule has 0 saturated carbocycles. The van der Waals surface area contributed by atoms with Gasteiger partial charge in [-0.3, -0.25) is 9.48 Å². The number of rotatable bonds is 4. The highest BCUT2D eigenvalue weighted by atomic mass is 16.5. The van der Waals surface area contributed by atoms with Gasteiger partial charge >= 0.3 is 0 Å². The molecule has 0 bridgehead atoms.